The van der Waals surface area contributed by atoms with Crippen molar-refractivity contribution >= 4 is 33.5 Å². The molecule has 1 aliphatic rings. The molecule has 0 radical (unpaired) electrons. The average Bonchev–Trinajstić information content (AvgIpc) is 2.86. The van der Waals surface area contributed by atoms with E-state index in [1.807, 2.05) is 48.5 Å². The molecule has 4 aromatic rings. The zero-order valence-corrected chi connectivity index (χ0v) is 16.4. The van der Waals surface area contributed by atoms with Crippen LogP contribution in [0.25, 0.3) is 21.5 Å². The molecule has 0 aliphatic carbocycles. The zero-order chi connectivity index (χ0) is 21.5. The Kier molecular flexibility index (Phi) is 4.47. The van der Waals surface area contributed by atoms with Crippen molar-refractivity contribution in [2.45, 2.75) is 6.42 Å². The topological polar surface area (TPSA) is 93.1 Å². The first-order valence-corrected chi connectivity index (χ1v) is 9.86. The van der Waals surface area contributed by atoms with Crippen LogP contribution in [0.4, 0.5) is 0 Å². The van der Waals surface area contributed by atoms with Gasteiger partial charge in [0.05, 0.1) is 0 Å². The molecular weight excluding hydrogens is 396 g/mol. The van der Waals surface area contributed by atoms with E-state index in [4.69, 9.17) is 9.47 Å². The van der Waals surface area contributed by atoms with E-state index in [0.717, 1.165) is 21.5 Å². The van der Waals surface area contributed by atoms with E-state index in [1.54, 1.807) is 12.1 Å². The van der Waals surface area contributed by atoms with Crippen molar-refractivity contribution in [2.75, 3.05) is 13.2 Å². The molecule has 0 fully saturated rings. The Bertz CT molecular complexity index is 1270. The third-order valence-corrected chi connectivity index (χ3v) is 5.60. The first-order chi connectivity index (χ1) is 15.0. The van der Waals surface area contributed by atoms with E-state index < -0.39 is 11.9 Å². The van der Waals surface area contributed by atoms with Crippen LogP contribution in [0.2, 0.25) is 0 Å². The molecule has 0 atom stereocenters. The van der Waals surface area contributed by atoms with Gasteiger partial charge in [0.25, 0.3) is 0 Å². The maximum atomic E-state index is 12.0. The molecular formula is C25H18O6. The molecule has 0 amide bonds. The minimum absolute atomic E-state index is 0.0795. The summed E-state index contributed by atoms with van der Waals surface area (Å²) in [7, 11) is 0. The van der Waals surface area contributed by atoms with Crippen LogP contribution < -0.4 is 9.47 Å². The SMILES string of the molecule is O=C(O)c1cc2ccccc2c2c1OCCOc1c(C(=O)O)cc3ccccc3c1C2. The summed E-state index contributed by atoms with van der Waals surface area (Å²) in [5.41, 5.74) is 1.57. The average molecular weight is 414 g/mol. The summed E-state index contributed by atoms with van der Waals surface area (Å²) < 4.78 is 11.8. The number of aromatic carboxylic acids is 2. The molecule has 154 valence electrons. The fourth-order valence-electron chi connectivity index (χ4n) is 4.27. The van der Waals surface area contributed by atoms with Crippen molar-refractivity contribution < 1.29 is 29.3 Å². The van der Waals surface area contributed by atoms with Crippen LogP contribution in [0.3, 0.4) is 0 Å². The first kappa shape index (κ1) is 18.9. The quantitative estimate of drug-likeness (QED) is 0.492. The molecule has 5 rings (SSSR count). The van der Waals surface area contributed by atoms with Gasteiger partial charge < -0.3 is 19.7 Å². The van der Waals surface area contributed by atoms with Crippen LogP contribution >= 0.6 is 0 Å². The van der Waals surface area contributed by atoms with Gasteiger partial charge in [-0.05, 0) is 33.7 Å². The summed E-state index contributed by atoms with van der Waals surface area (Å²) in [6, 6.07) is 18.3. The highest BCUT2D eigenvalue weighted by Crippen LogP contribution is 2.40. The molecule has 1 heterocycles. The number of benzene rings is 4. The molecule has 0 bridgehead atoms. The predicted octanol–water partition coefficient (Wildman–Crippen LogP) is 4.75. The van der Waals surface area contributed by atoms with E-state index in [2.05, 4.69) is 0 Å². The third-order valence-electron chi connectivity index (χ3n) is 5.60. The number of hydrogen-bond acceptors (Lipinski definition) is 4. The van der Waals surface area contributed by atoms with Crippen LogP contribution in [0.5, 0.6) is 11.5 Å². The molecule has 6 nitrogen and oxygen atoms in total. The van der Waals surface area contributed by atoms with Gasteiger partial charge in [-0.3, -0.25) is 0 Å². The van der Waals surface area contributed by atoms with E-state index in [0.29, 0.717) is 22.6 Å². The number of fused-ring (bicyclic) bond motifs is 6. The lowest BCUT2D eigenvalue weighted by atomic mass is 9.90. The minimum atomic E-state index is -1.08. The molecule has 2 N–H and O–H groups in total. The Morgan fingerprint density at radius 2 is 1.10 bits per heavy atom. The van der Waals surface area contributed by atoms with Crippen molar-refractivity contribution in [2.24, 2.45) is 0 Å². The van der Waals surface area contributed by atoms with Gasteiger partial charge in [-0.15, -0.1) is 0 Å². The molecule has 0 saturated heterocycles. The van der Waals surface area contributed by atoms with Crippen LogP contribution in [0, 0.1) is 0 Å². The maximum absolute atomic E-state index is 12.0. The number of carboxylic acid groups (broad SMARTS) is 2. The molecule has 0 unspecified atom stereocenters. The summed E-state index contributed by atoms with van der Waals surface area (Å²) in [6.45, 7) is 0.188. The van der Waals surface area contributed by atoms with Gasteiger partial charge in [0.1, 0.15) is 35.8 Å². The molecule has 31 heavy (non-hydrogen) atoms. The fourth-order valence-corrected chi connectivity index (χ4v) is 4.27. The number of ether oxygens (including phenoxy) is 2. The molecule has 0 spiro atoms. The molecule has 4 aromatic carbocycles. The lowest BCUT2D eigenvalue weighted by Gasteiger charge is -2.17. The van der Waals surface area contributed by atoms with Gasteiger partial charge >= 0.3 is 11.9 Å². The van der Waals surface area contributed by atoms with Crippen molar-refractivity contribution in [3.05, 3.63) is 82.9 Å². The van der Waals surface area contributed by atoms with Gasteiger partial charge in [0.2, 0.25) is 0 Å². The largest absolute Gasteiger partial charge is 0.489 e. The van der Waals surface area contributed by atoms with E-state index in [9.17, 15) is 19.8 Å². The van der Waals surface area contributed by atoms with Crippen molar-refractivity contribution in [1.82, 2.24) is 0 Å². The highest BCUT2D eigenvalue weighted by molar-refractivity contribution is 6.02. The Balaban J connectivity index is 1.88. The van der Waals surface area contributed by atoms with Crippen LogP contribution in [-0.4, -0.2) is 35.4 Å². The summed E-state index contributed by atoms with van der Waals surface area (Å²) in [4.78, 5) is 24.0. The second kappa shape index (κ2) is 7.32. The summed E-state index contributed by atoms with van der Waals surface area (Å²) in [6.07, 6.45) is 0.272. The normalized spacial score (nSPS) is 13.2. The lowest BCUT2D eigenvalue weighted by molar-refractivity contribution is 0.0677. The number of hydrogen-bond donors (Lipinski definition) is 2. The fraction of sp³-hybridized carbons (Fsp3) is 0.120. The third kappa shape index (κ3) is 3.13. The highest BCUT2D eigenvalue weighted by atomic mass is 16.5. The van der Waals surface area contributed by atoms with Gasteiger partial charge in [0, 0.05) is 17.5 Å². The van der Waals surface area contributed by atoms with Gasteiger partial charge in [-0.25, -0.2) is 9.59 Å². The predicted molar refractivity (Wildman–Crippen MR) is 116 cm³/mol. The van der Waals surface area contributed by atoms with Gasteiger partial charge in [-0.2, -0.15) is 0 Å². The highest BCUT2D eigenvalue weighted by Gasteiger charge is 2.26. The smallest absolute Gasteiger partial charge is 0.339 e. The number of rotatable bonds is 2. The second-order valence-corrected chi connectivity index (χ2v) is 7.39. The monoisotopic (exact) mass is 414 g/mol. The minimum Gasteiger partial charge on any atom is -0.489 e. The second-order valence-electron chi connectivity index (χ2n) is 7.39. The van der Waals surface area contributed by atoms with Gasteiger partial charge in [0.15, 0.2) is 0 Å². The molecule has 1 aliphatic heterocycles. The van der Waals surface area contributed by atoms with Crippen LogP contribution in [-0.2, 0) is 6.42 Å². The molecule has 0 saturated carbocycles. The maximum Gasteiger partial charge on any atom is 0.339 e. The standard InChI is InChI=1S/C25H18O6/c26-24(27)20-11-14-5-1-3-7-16(14)18-13-19-17-8-4-2-6-15(17)12-21(25(28)29)23(19)31-10-9-30-22(18)20/h1-8,11-12H,9-10,13H2,(H,26,27)(H,28,29). The number of carbonyl (C=O) groups is 2. The molecule has 6 heteroatoms. The van der Waals surface area contributed by atoms with Crippen molar-refractivity contribution in [3.8, 4) is 11.5 Å². The Hall–Kier alpha value is -4.06. The van der Waals surface area contributed by atoms with E-state index in [-0.39, 0.29) is 30.8 Å². The molecule has 0 aromatic heterocycles. The van der Waals surface area contributed by atoms with Crippen molar-refractivity contribution in [3.63, 3.8) is 0 Å². The summed E-state index contributed by atoms with van der Waals surface area (Å²) in [5, 5.41) is 22.9. The Morgan fingerprint density at radius 3 is 1.52 bits per heavy atom. The number of carboxylic acids is 2. The first-order valence-electron chi connectivity index (χ1n) is 9.86. The Labute approximate surface area is 177 Å². The summed E-state index contributed by atoms with van der Waals surface area (Å²) in [5.74, 6) is -1.56. The lowest BCUT2D eigenvalue weighted by Crippen LogP contribution is -2.13. The van der Waals surface area contributed by atoms with E-state index in [1.165, 1.54) is 0 Å². The van der Waals surface area contributed by atoms with Crippen LogP contribution in [0.1, 0.15) is 31.8 Å². The summed E-state index contributed by atoms with van der Waals surface area (Å²) >= 11 is 0. The zero-order valence-electron chi connectivity index (χ0n) is 16.4. The van der Waals surface area contributed by atoms with Crippen LogP contribution in [0.15, 0.2) is 60.7 Å². The Morgan fingerprint density at radius 1 is 0.677 bits per heavy atom. The van der Waals surface area contributed by atoms with Gasteiger partial charge in [-0.1, -0.05) is 48.5 Å². The van der Waals surface area contributed by atoms with E-state index >= 15 is 0 Å². The van der Waals surface area contributed by atoms with Crippen molar-refractivity contribution in [1.29, 1.82) is 0 Å².